The normalized spacial score (nSPS) is 17.9. The zero-order valence-corrected chi connectivity index (χ0v) is 12.2. The van der Waals surface area contributed by atoms with Crippen molar-refractivity contribution >= 4 is 35.6 Å². The molecule has 0 spiro atoms. The Morgan fingerprint density at radius 1 is 1.50 bits per heavy atom. The lowest BCUT2D eigenvalue weighted by Crippen LogP contribution is -2.45. The molecule has 0 unspecified atom stereocenters. The number of nitrogens with zero attached hydrogens (tertiary/aromatic N) is 1. The average Bonchev–Trinajstić information content (AvgIpc) is 2.39. The summed E-state index contributed by atoms with van der Waals surface area (Å²) in [5.74, 6) is -0.433. The summed E-state index contributed by atoms with van der Waals surface area (Å²) < 4.78 is 0. The van der Waals surface area contributed by atoms with E-state index in [2.05, 4.69) is 10.6 Å². The first-order valence-corrected chi connectivity index (χ1v) is 6.41. The summed E-state index contributed by atoms with van der Waals surface area (Å²) >= 11 is 5.71. The molecule has 1 heterocycles. The fourth-order valence-electron chi connectivity index (χ4n) is 2.09. The third kappa shape index (κ3) is 4.06. The quantitative estimate of drug-likeness (QED) is 0.660. The van der Waals surface area contributed by atoms with Gasteiger partial charge in [0.1, 0.15) is 5.56 Å². The molecular formula is C12H15Cl2N3O3. The SMILES string of the molecule is Cl.O=C(N[C@@H]1CCCNC1)c1ccc(Cl)cc1[N+](=O)[O-]. The van der Waals surface area contributed by atoms with Gasteiger partial charge in [0.15, 0.2) is 0 Å². The Labute approximate surface area is 127 Å². The molecule has 1 atom stereocenters. The van der Waals surface area contributed by atoms with Crippen molar-refractivity contribution in [2.75, 3.05) is 13.1 Å². The van der Waals surface area contributed by atoms with Gasteiger partial charge in [0.05, 0.1) is 4.92 Å². The largest absolute Gasteiger partial charge is 0.348 e. The van der Waals surface area contributed by atoms with Crippen LogP contribution in [0, 0.1) is 10.1 Å². The number of carbonyl (C=O) groups excluding carboxylic acids is 1. The molecule has 1 amide bonds. The summed E-state index contributed by atoms with van der Waals surface area (Å²) in [6, 6.07) is 4.06. The second-order valence-electron chi connectivity index (χ2n) is 4.44. The van der Waals surface area contributed by atoms with Crippen molar-refractivity contribution in [3.8, 4) is 0 Å². The van der Waals surface area contributed by atoms with E-state index in [9.17, 15) is 14.9 Å². The van der Waals surface area contributed by atoms with Gasteiger partial charge in [0.25, 0.3) is 11.6 Å². The van der Waals surface area contributed by atoms with Crippen LogP contribution < -0.4 is 10.6 Å². The van der Waals surface area contributed by atoms with Crippen LogP contribution in [0.3, 0.4) is 0 Å². The lowest BCUT2D eigenvalue weighted by atomic mass is 10.1. The molecule has 1 fully saturated rings. The Bertz CT molecular complexity index is 505. The summed E-state index contributed by atoms with van der Waals surface area (Å²) in [5, 5.41) is 17.1. The van der Waals surface area contributed by atoms with Crippen LogP contribution in [0.5, 0.6) is 0 Å². The lowest BCUT2D eigenvalue weighted by Gasteiger charge is -2.23. The van der Waals surface area contributed by atoms with Gasteiger partial charge in [-0.15, -0.1) is 12.4 Å². The second-order valence-corrected chi connectivity index (χ2v) is 4.87. The maximum absolute atomic E-state index is 12.1. The maximum atomic E-state index is 12.1. The van der Waals surface area contributed by atoms with Crippen LogP contribution in [-0.2, 0) is 0 Å². The highest BCUT2D eigenvalue weighted by atomic mass is 35.5. The van der Waals surface area contributed by atoms with Crippen molar-refractivity contribution < 1.29 is 9.72 Å². The maximum Gasteiger partial charge on any atom is 0.283 e. The van der Waals surface area contributed by atoms with Gasteiger partial charge in [0.2, 0.25) is 0 Å². The van der Waals surface area contributed by atoms with E-state index in [0.29, 0.717) is 6.54 Å². The standard InChI is InChI=1S/C12H14ClN3O3.ClH/c13-8-3-4-10(11(6-8)16(18)19)12(17)15-9-2-1-5-14-7-9;/h3-4,6,9,14H,1-2,5,7H2,(H,15,17);1H/t9-;/m1./s1. The number of hydrogen-bond donors (Lipinski definition) is 2. The van der Waals surface area contributed by atoms with Gasteiger partial charge in [-0.3, -0.25) is 14.9 Å². The van der Waals surface area contributed by atoms with Crippen LogP contribution in [0.2, 0.25) is 5.02 Å². The predicted octanol–water partition coefficient (Wildman–Crippen LogP) is 2.15. The number of nitro groups is 1. The predicted molar refractivity (Wildman–Crippen MR) is 78.7 cm³/mol. The van der Waals surface area contributed by atoms with Gasteiger partial charge in [-0.25, -0.2) is 0 Å². The number of carbonyl (C=O) groups is 1. The lowest BCUT2D eigenvalue weighted by molar-refractivity contribution is -0.385. The molecule has 2 rings (SSSR count). The zero-order valence-electron chi connectivity index (χ0n) is 10.6. The van der Waals surface area contributed by atoms with E-state index >= 15 is 0 Å². The van der Waals surface area contributed by atoms with Crippen LogP contribution in [0.25, 0.3) is 0 Å². The first kappa shape index (κ1) is 16.7. The van der Waals surface area contributed by atoms with Crippen molar-refractivity contribution in [1.29, 1.82) is 0 Å². The molecule has 2 N–H and O–H groups in total. The van der Waals surface area contributed by atoms with Crippen LogP contribution in [0.4, 0.5) is 5.69 Å². The summed E-state index contributed by atoms with van der Waals surface area (Å²) in [6.07, 6.45) is 1.85. The molecule has 0 aromatic heterocycles. The topological polar surface area (TPSA) is 84.3 Å². The van der Waals surface area contributed by atoms with Crippen molar-refractivity contribution in [2.24, 2.45) is 0 Å². The molecule has 20 heavy (non-hydrogen) atoms. The van der Waals surface area contributed by atoms with Gasteiger partial charge in [0, 0.05) is 23.7 Å². The molecule has 0 bridgehead atoms. The van der Waals surface area contributed by atoms with Gasteiger partial charge in [-0.1, -0.05) is 11.6 Å². The Kier molecular flexibility index (Phi) is 6.19. The number of hydrogen-bond acceptors (Lipinski definition) is 4. The highest BCUT2D eigenvalue weighted by molar-refractivity contribution is 6.31. The van der Waals surface area contributed by atoms with E-state index < -0.39 is 10.8 Å². The van der Waals surface area contributed by atoms with E-state index in [1.807, 2.05) is 0 Å². The van der Waals surface area contributed by atoms with Crippen LogP contribution in [0.1, 0.15) is 23.2 Å². The van der Waals surface area contributed by atoms with Gasteiger partial charge >= 0.3 is 0 Å². The smallest absolute Gasteiger partial charge is 0.283 e. The van der Waals surface area contributed by atoms with E-state index in [-0.39, 0.29) is 34.7 Å². The fourth-order valence-corrected chi connectivity index (χ4v) is 2.25. The third-order valence-electron chi connectivity index (χ3n) is 3.03. The molecule has 0 radical (unpaired) electrons. The summed E-state index contributed by atoms with van der Waals surface area (Å²) in [4.78, 5) is 22.4. The number of nitrogens with one attached hydrogen (secondary N) is 2. The molecule has 1 aromatic carbocycles. The fraction of sp³-hybridized carbons (Fsp3) is 0.417. The van der Waals surface area contributed by atoms with E-state index in [0.717, 1.165) is 19.4 Å². The summed E-state index contributed by atoms with van der Waals surface area (Å²) in [5.41, 5.74) is -0.228. The number of nitro benzene ring substituents is 1. The number of piperidine rings is 1. The molecule has 1 saturated heterocycles. The monoisotopic (exact) mass is 319 g/mol. The van der Waals surface area contributed by atoms with Crippen LogP contribution in [-0.4, -0.2) is 30.0 Å². The molecule has 1 aromatic rings. The van der Waals surface area contributed by atoms with Gasteiger partial charge in [-0.05, 0) is 31.5 Å². The number of amides is 1. The van der Waals surface area contributed by atoms with Gasteiger partial charge in [-0.2, -0.15) is 0 Å². The van der Waals surface area contributed by atoms with Gasteiger partial charge < -0.3 is 10.6 Å². The van der Waals surface area contributed by atoms with E-state index in [4.69, 9.17) is 11.6 Å². The minimum atomic E-state index is -0.597. The molecule has 110 valence electrons. The van der Waals surface area contributed by atoms with Crippen molar-refractivity contribution in [3.63, 3.8) is 0 Å². The van der Waals surface area contributed by atoms with Crippen molar-refractivity contribution in [2.45, 2.75) is 18.9 Å². The molecular weight excluding hydrogens is 305 g/mol. The molecule has 1 aliphatic heterocycles. The highest BCUT2D eigenvalue weighted by Crippen LogP contribution is 2.23. The average molecular weight is 320 g/mol. The minimum absolute atomic E-state index is 0. The van der Waals surface area contributed by atoms with Crippen LogP contribution >= 0.6 is 24.0 Å². The van der Waals surface area contributed by atoms with Crippen molar-refractivity contribution in [1.82, 2.24) is 10.6 Å². The first-order chi connectivity index (χ1) is 9.08. The first-order valence-electron chi connectivity index (χ1n) is 6.03. The van der Waals surface area contributed by atoms with E-state index in [1.54, 1.807) is 0 Å². The Morgan fingerprint density at radius 3 is 2.85 bits per heavy atom. The highest BCUT2D eigenvalue weighted by Gasteiger charge is 2.23. The van der Waals surface area contributed by atoms with Crippen molar-refractivity contribution in [3.05, 3.63) is 38.9 Å². The summed E-state index contributed by atoms with van der Waals surface area (Å²) in [6.45, 7) is 1.63. The molecule has 1 aliphatic rings. The third-order valence-corrected chi connectivity index (χ3v) is 3.27. The Balaban J connectivity index is 0.00000200. The van der Waals surface area contributed by atoms with E-state index in [1.165, 1.54) is 18.2 Å². The molecule has 0 aliphatic carbocycles. The Morgan fingerprint density at radius 2 is 2.25 bits per heavy atom. The second kappa shape index (κ2) is 7.42. The summed E-state index contributed by atoms with van der Waals surface area (Å²) in [7, 11) is 0. The molecule has 6 nitrogen and oxygen atoms in total. The number of rotatable bonds is 3. The Hall–Kier alpha value is -1.37. The number of benzene rings is 1. The molecule has 8 heteroatoms. The van der Waals surface area contributed by atoms with Crippen LogP contribution in [0.15, 0.2) is 18.2 Å². The minimum Gasteiger partial charge on any atom is -0.348 e. The molecule has 0 saturated carbocycles. The number of halogens is 2. The zero-order chi connectivity index (χ0) is 13.8.